The molecule has 0 unspecified atom stereocenters. The average molecular weight is 702 g/mol. The molecule has 2 amide bonds. The summed E-state index contributed by atoms with van der Waals surface area (Å²) in [6.45, 7) is -0.460. The van der Waals surface area contributed by atoms with Gasteiger partial charge in [0.25, 0.3) is 0 Å². The first-order valence-corrected chi connectivity index (χ1v) is 16.7. The maximum Gasteiger partial charge on any atom is 0.224 e. The van der Waals surface area contributed by atoms with E-state index in [0.717, 1.165) is 22.3 Å². The van der Waals surface area contributed by atoms with E-state index in [2.05, 4.69) is 20.7 Å². The van der Waals surface area contributed by atoms with E-state index < -0.39 is 73.2 Å². The van der Waals surface area contributed by atoms with E-state index in [1.54, 1.807) is 12.1 Å². The highest BCUT2D eigenvalue weighted by molar-refractivity contribution is 5.88. The fourth-order valence-corrected chi connectivity index (χ4v) is 6.36. The van der Waals surface area contributed by atoms with Gasteiger partial charge >= 0.3 is 0 Å². The van der Waals surface area contributed by atoms with Crippen molar-refractivity contribution in [3.05, 3.63) is 81.2 Å². The number of rotatable bonds is 17. The van der Waals surface area contributed by atoms with Crippen LogP contribution in [0.5, 0.6) is 0 Å². The molecule has 0 aromatic heterocycles. The minimum atomic E-state index is -1.70. The molecule has 0 radical (unpaired) electrons. The number of carbonyl (C=O) groups is 2. The first-order chi connectivity index (χ1) is 24.2. The molecule has 4 rings (SSSR count). The van der Waals surface area contributed by atoms with Crippen molar-refractivity contribution in [3.63, 3.8) is 0 Å². The van der Waals surface area contributed by atoms with E-state index in [1.807, 2.05) is 36.4 Å². The van der Waals surface area contributed by atoms with Crippen LogP contribution >= 0.6 is 0 Å². The largest absolute Gasteiger partial charge is 0.394 e. The van der Waals surface area contributed by atoms with Gasteiger partial charge in [-0.25, -0.2) is 0 Å². The van der Waals surface area contributed by atoms with Crippen LogP contribution in [0.1, 0.15) is 35.1 Å². The first-order valence-electron chi connectivity index (χ1n) is 16.7. The lowest BCUT2D eigenvalue weighted by atomic mass is 9.75. The Morgan fingerprint density at radius 1 is 0.820 bits per heavy atom. The van der Waals surface area contributed by atoms with Gasteiger partial charge in [-0.2, -0.15) is 0 Å². The molecule has 1 aliphatic heterocycles. The third-order valence-corrected chi connectivity index (χ3v) is 9.06. The molecule has 50 heavy (non-hydrogen) atoms. The molecular weight excluding hydrogens is 654 g/mol. The number of hydrogen-bond donors (Lipinski definition) is 8. The van der Waals surface area contributed by atoms with Gasteiger partial charge in [0.1, 0.15) is 24.4 Å². The molecule has 0 spiro atoms. The molecule has 0 bridgehead atoms. The number of hydrogen-bond acceptors (Lipinski definition) is 12. The smallest absolute Gasteiger partial charge is 0.224 e. The number of carbonyl (C=O) groups excluding carboxylic acids is 2. The van der Waals surface area contributed by atoms with Crippen molar-refractivity contribution in [2.75, 3.05) is 32.8 Å². The van der Waals surface area contributed by atoms with Crippen LogP contribution in [0.2, 0.25) is 0 Å². The molecule has 2 fully saturated rings. The Hall–Kier alpha value is -3.67. The van der Waals surface area contributed by atoms with Crippen LogP contribution in [0.4, 0.5) is 0 Å². The van der Waals surface area contributed by atoms with Gasteiger partial charge in [0.05, 0.1) is 50.5 Å². The molecule has 1 saturated heterocycles. The molecule has 9 atom stereocenters. The van der Waals surface area contributed by atoms with Crippen molar-refractivity contribution < 1.29 is 54.4 Å². The van der Waals surface area contributed by atoms with Crippen LogP contribution in [-0.2, 0) is 49.9 Å². The second-order valence-electron chi connectivity index (χ2n) is 12.5. The van der Waals surface area contributed by atoms with E-state index in [4.69, 9.17) is 19.7 Å². The van der Waals surface area contributed by atoms with Crippen LogP contribution in [0.15, 0.2) is 53.6 Å². The Labute approximate surface area is 289 Å². The van der Waals surface area contributed by atoms with Crippen LogP contribution in [0, 0.1) is 11.8 Å². The number of benzene rings is 2. The molecule has 1 saturated carbocycles. The second kappa shape index (κ2) is 19.7. The predicted molar refractivity (Wildman–Crippen MR) is 177 cm³/mol. The van der Waals surface area contributed by atoms with Crippen molar-refractivity contribution in [2.24, 2.45) is 17.0 Å². The molecule has 16 heteroatoms. The standard InChI is InChI=1S/C34H47N5O11/c35-39-38-11-12-48-26-15-24(32(46)36-9-7-20-3-1-5-22(13-20)17-40)25(33(47)37-10-8-21-4-2-6-23(14-21)18-41)16-27(26)49-34-31(45)30(44)29(43)28(19-42)50-34/h1-6,13-14,24-31,34,40-45H,7-12,15-19H2,(H,36,46)(H,37,47)/t24-,25-,26-,27-,28+,29+,30-,31-,34-/m0/s1. The van der Waals surface area contributed by atoms with Gasteiger partial charge in [-0.15, -0.1) is 0 Å². The quantitative estimate of drug-likeness (QED) is 0.0456. The zero-order valence-electron chi connectivity index (χ0n) is 27.7. The summed E-state index contributed by atoms with van der Waals surface area (Å²) < 4.78 is 17.7. The Kier molecular flexibility index (Phi) is 15.4. The summed E-state index contributed by atoms with van der Waals surface area (Å²) >= 11 is 0. The van der Waals surface area contributed by atoms with Crippen molar-refractivity contribution >= 4 is 11.8 Å². The molecule has 2 aliphatic rings. The van der Waals surface area contributed by atoms with Crippen molar-refractivity contribution in [1.29, 1.82) is 0 Å². The van der Waals surface area contributed by atoms with Gasteiger partial charge in [-0.3, -0.25) is 9.59 Å². The number of ether oxygens (including phenoxy) is 3. The van der Waals surface area contributed by atoms with E-state index in [1.165, 1.54) is 0 Å². The van der Waals surface area contributed by atoms with Gasteiger partial charge in [-0.1, -0.05) is 53.6 Å². The van der Waals surface area contributed by atoms with Gasteiger partial charge in [0, 0.05) is 24.5 Å². The fourth-order valence-electron chi connectivity index (χ4n) is 6.36. The minimum Gasteiger partial charge on any atom is -0.394 e. The summed E-state index contributed by atoms with van der Waals surface area (Å²) in [4.78, 5) is 30.3. The number of amides is 2. The normalized spacial score (nSPS) is 28.0. The molecule has 2 aromatic carbocycles. The lowest BCUT2D eigenvalue weighted by Gasteiger charge is -2.44. The summed E-state index contributed by atoms with van der Waals surface area (Å²) in [5, 5.41) is 69.2. The van der Waals surface area contributed by atoms with Crippen LogP contribution in [0.3, 0.4) is 0 Å². The number of aliphatic hydroxyl groups excluding tert-OH is 6. The topological polar surface area (TPSA) is 256 Å². The Balaban J connectivity index is 1.53. The highest BCUT2D eigenvalue weighted by atomic mass is 16.7. The molecular formula is C34H47N5O11. The highest BCUT2D eigenvalue weighted by Gasteiger charge is 2.49. The summed E-state index contributed by atoms with van der Waals surface area (Å²) in [5.41, 5.74) is 12.0. The minimum absolute atomic E-state index is 0.000813. The Morgan fingerprint density at radius 2 is 1.36 bits per heavy atom. The molecule has 1 heterocycles. The van der Waals surface area contributed by atoms with Crippen LogP contribution in [0.25, 0.3) is 10.4 Å². The summed E-state index contributed by atoms with van der Waals surface area (Å²) in [6.07, 6.45) is -8.69. The maximum absolute atomic E-state index is 13.8. The third kappa shape index (κ3) is 10.7. The molecule has 8 N–H and O–H groups in total. The summed E-state index contributed by atoms with van der Waals surface area (Å²) in [5.74, 6) is -2.62. The lowest BCUT2D eigenvalue weighted by Crippen LogP contribution is -2.61. The van der Waals surface area contributed by atoms with Gasteiger partial charge in [0.15, 0.2) is 6.29 Å². The molecule has 274 valence electrons. The number of aliphatic hydroxyl groups is 6. The Bertz CT molecular complexity index is 1440. The summed E-state index contributed by atoms with van der Waals surface area (Å²) in [6, 6.07) is 14.6. The SMILES string of the molecule is [N-]=[N+]=NCCO[C@H]1C[C@H](C(=O)NCCc2cccc(CO)c2)[C@@H](C(=O)NCCc2cccc(CO)c2)C[C@@H]1O[C@H]1O[C@H](CO)[C@@H](O)[C@H](O)[C@@H]1O. The van der Waals surface area contributed by atoms with Gasteiger partial charge in [-0.05, 0) is 53.5 Å². The van der Waals surface area contributed by atoms with Crippen molar-refractivity contribution in [1.82, 2.24) is 10.6 Å². The first kappa shape index (κ1) is 39.1. The molecule has 16 nitrogen and oxygen atoms in total. The average Bonchev–Trinajstić information content (AvgIpc) is 3.13. The van der Waals surface area contributed by atoms with Gasteiger partial charge < -0.3 is 55.5 Å². The monoisotopic (exact) mass is 701 g/mol. The van der Waals surface area contributed by atoms with E-state index in [9.17, 15) is 40.2 Å². The zero-order valence-corrected chi connectivity index (χ0v) is 27.7. The van der Waals surface area contributed by atoms with E-state index >= 15 is 0 Å². The highest BCUT2D eigenvalue weighted by Crippen LogP contribution is 2.36. The van der Waals surface area contributed by atoms with Gasteiger partial charge in [0.2, 0.25) is 11.8 Å². The second-order valence-corrected chi connectivity index (χ2v) is 12.5. The van der Waals surface area contributed by atoms with E-state index in [0.29, 0.717) is 12.8 Å². The zero-order chi connectivity index (χ0) is 36.0. The van der Waals surface area contributed by atoms with Crippen molar-refractivity contribution in [3.8, 4) is 0 Å². The lowest BCUT2D eigenvalue weighted by molar-refractivity contribution is -0.321. The molecule has 2 aromatic rings. The third-order valence-electron chi connectivity index (χ3n) is 9.06. The number of azide groups is 1. The predicted octanol–water partition coefficient (Wildman–Crippen LogP) is -0.404. The number of nitrogens with one attached hydrogen (secondary N) is 2. The maximum atomic E-state index is 13.8. The Morgan fingerprint density at radius 3 is 1.88 bits per heavy atom. The fraction of sp³-hybridized carbons (Fsp3) is 0.588. The van der Waals surface area contributed by atoms with Crippen molar-refractivity contribution in [2.45, 2.75) is 81.8 Å². The number of nitrogens with zero attached hydrogens (tertiary/aromatic N) is 3. The summed E-state index contributed by atoms with van der Waals surface area (Å²) in [7, 11) is 0. The molecule has 1 aliphatic carbocycles. The van der Waals surface area contributed by atoms with Crippen LogP contribution in [-0.4, -0.2) is 118 Å². The van der Waals surface area contributed by atoms with Crippen LogP contribution < -0.4 is 10.6 Å². The van der Waals surface area contributed by atoms with E-state index in [-0.39, 0.29) is 52.3 Å².